The summed E-state index contributed by atoms with van der Waals surface area (Å²) >= 11 is 0. The second kappa shape index (κ2) is 11.0. The second-order valence-corrected chi connectivity index (χ2v) is 11.6. The number of rotatable bonds is 8. The van der Waals surface area contributed by atoms with Crippen LogP contribution in [0.4, 0.5) is 24.5 Å². The standard InChI is InChI=1S/C28H29F3N2O3S/c1-2-37(35,36)26-13-5-21(6-14-26)18-27(34)32-24-9-11-25(12-10-24)33-16-15-22(19-33)17-20-3-7-23(8-4-20)28(29,30)31/h3-14,22H,2,15-19H2,1H3,(H,32,34). The lowest BCUT2D eigenvalue weighted by Gasteiger charge is -2.19. The Kier molecular flexibility index (Phi) is 7.92. The fourth-order valence-electron chi connectivity index (χ4n) is 4.52. The first kappa shape index (κ1) is 26.7. The maximum Gasteiger partial charge on any atom is 0.416 e. The van der Waals surface area contributed by atoms with Crippen molar-refractivity contribution in [2.24, 2.45) is 5.92 Å². The van der Waals surface area contributed by atoms with Gasteiger partial charge in [0.25, 0.3) is 0 Å². The number of nitrogens with one attached hydrogen (secondary N) is 1. The van der Waals surface area contributed by atoms with Crippen molar-refractivity contribution in [3.05, 3.63) is 89.5 Å². The molecule has 0 spiro atoms. The van der Waals surface area contributed by atoms with Crippen LogP contribution in [0, 0.1) is 5.92 Å². The number of nitrogens with zero attached hydrogens (tertiary/aromatic N) is 1. The molecule has 1 saturated heterocycles. The Labute approximate surface area is 215 Å². The summed E-state index contributed by atoms with van der Waals surface area (Å²) < 4.78 is 62.2. The zero-order valence-corrected chi connectivity index (χ0v) is 21.3. The van der Waals surface area contributed by atoms with Crippen LogP contribution in [0.3, 0.4) is 0 Å². The highest BCUT2D eigenvalue weighted by atomic mass is 32.2. The lowest BCUT2D eigenvalue weighted by atomic mass is 9.98. The van der Waals surface area contributed by atoms with E-state index >= 15 is 0 Å². The summed E-state index contributed by atoms with van der Waals surface area (Å²) in [6.45, 7) is 3.27. The van der Waals surface area contributed by atoms with E-state index in [1.54, 1.807) is 31.2 Å². The molecule has 1 aliphatic heterocycles. The number of hydrogen-bond acceptors (Lipinski definition) is 4. The summed E-state index contributed by atoms with van der Waals surface area (Å²) in [5.41, 5.74) is 2.69. The molecule has 0 saturated carbocycles. The number of hydrogen-bond donors (Lipinski definition) is 1. The van der Waals surface area contributed by atoms with Gasteiger partial charge < -0.3 is 10.2 Å². The van der Waals surface area contributed by atoms with E-state index in [0.29, 0.717) is 11.6 Å². The van der Waals surface area contributed by atoms with Gasteiger partial charge in [0, 0.05) is 24.5 Å². The number of carbonyl (C=O) groups excluding carboxylic acids is 1. The van der Waals surface area contributed by atoms with E-state index in [-0.39, 0.29) is 23.0 Å². The first-order chi connectivity index (χ1) is 17.5. The zero-order valence-electron chi connectivity index (χ0n) is 20.5. The van der Waals surface area contributed by atoms with Crippen LogP contribution >= 0.6 is 0 Å². The van der Waals surface area contributed by atoms with Crippen molar-refractivity contribution in [3.8, 4) is 0 Å². The number of carbonyl (C=O) groups is 1. The Bertz CT molecular complexity index is 1320. The van der Waals surface area contributed by atoms with Gasteiger partial charge in [-0.15, -0.1) is 0 Å². The minimum atomic E-state index is -4.32. The van der Waals surface area contributed by atoms with Crippen LogP contribution in [0.2, 0.25) is 0 Å². The van der Waals surface area contributed by atoms with Gasteiger partial charge in [-0.2, -0.15) is 13.2 Å². The molecular weight excluding hydrogens is 501 g/mol. The van der Waals surface area contributed by atoms with Crippen LogP contribution in [0.25, 0.3) is 0 Å². The van der Waals surface area contributed by atoms with Crippen LogP contribution in [-0.2, 0) is 33.6 Å². The Morgan fingerprint density at radius 3 is 2.16 bits per heavy atom. The molecule has 1 fully saturated rings. The van der Waals surface area contributed by atoms with E-state index in [9.17, 15) is 26.4 Å². The normalized spacial score (nSPS) is 16.1. The van der Waals surface area contributed by atoms with Gasteiger partial charge in [-0.25, -0.2) is 8.42 Å². The lowest BCUT2D eigenvalue weighted by molar-refractivity contribution is -0.137. The predicted octanol–water partition coefficient (Wildman–Crippen LogP) is 5.75. The van der Waals surface area contributed by atoms with Gasteiger partial charge in [-0.3, -0.25) is 4.79 Å². The molecule has 0 aromatic heterocycles. The molecule has 1 atom stereocenters. The third-order valence-corrected chi connectivity index (χ3v) is 8.39. The van der Waals surface area contributed by atoms with Gasteiger partial charge in [0.15, 0.2) is 9.84 Å². The van der Waals surface area contributed by atoms with Gasteiger partial charge >= 0.3 is 6.18 Å². The number of alkyl halides is 3. The maximum absolute atomic E-state index is 12.8. The second-order valence-electron chi connectivity index (χ2n) is 9.32. The van der Waals surface area contributed by atoms with Gasteiger partial charge in [0.2, 0.25) is 5.91 Å². The molecule has 0 radical (unpaired) electrons. The fraction of sp³-hybridized carbons (Fsp3) is 0.321. The molecule has 1 aliphatic rings. The highest BCUT2D eigenvalue weighted by Crippen LogP contribution is 2.31. The SMILES string of the molecule is CCS(=O)(=O)c1ccc(CC(=O)Nc2ccc(N3CCC(Cc4ccc(C(F)(F)F)cc4)C3)cc2)cc1. The Morgan fingerprint density at radius 2 is 1.57 bits per heavy atom. The van der Waals surface area contributed by atoms with E-state index < -0.39 is 21.6 Å². The van der Waals surface area contributed by atoms with Crippen molar-refractivity contribution in [2.75, 3.05) is 29.1 Å². The molecule has 0 bridgehead atoms. The first-order valence-electron chi connectivity index (χ1n) is 12.2. The topological polar surface area (TPSA) is 66.5 Å². The van der Waals surface area contributed by atoms with Crippen molar-refractivity contribution >= 4 is 27.1 Å². The molecule has 37 heavy (non-hydrogen) atoms. The number of anilines is 2. The van der Waals surface area contributed by atoms with Crippen molar-refractivity contribution in [3.63, 3.8) is 0 Å². The molecule has 5 nitrogen and oxygen atoms in total. The number of amides is 1. The zero-order chi connectivity index (χ0) is 26.6. The van der Waals surface area contributed by atoms with E-state index in [1.807, 2.05) is 24.3 Å². The van der Waals surface area contributed by atoms with Gasteiger partial charge in [-0.1, -0.05) is 31.2 Å². The minimum Gasteiger partial charge on any atom is -0.371 e. The summed E-state index contributed by atoms with van der Waals surface area (Å²) in [4.78, 5) is 14.9. The summed E-state index contributed by atoms with van der Waals surface area (Å²) in [6, 6.07) is 19.3. The Hall–Kier alpha value is -3.33. The summed E-state index contributed by atoms with van der Waals surface area (Å²) in [6.07, 6.45) is -2.50. The van der Waals surface area contributed by atoms with Crippen molar-refractivity contribution < 1.29 is 26.4 Å². The molecule has 3 aromatic carbocycles. The van der Waals surface area contributed by atoms with Crippen LogP contribution in [0.1, 0.15) is 30.0 Å². The molecule has 0 aliphatic carbocycles. The molecule has 1 N–H and O–H groups in total. The van der Waals surface area contributed by atoms with E-state index in [0.717, 1.165) is 54.9 Å². The molecule has 1 heterocycles. The summed E-state index contributed by atoms with van der Waals surface area (Å²) in [7, 11) is -3.27. The molecule has 4 rings (SSSR count). The van der Waals surface area contributed by atoms with Gasteiger partial charge in [-0.05, 0) is 78.4 Å². The van der Waals surface area contributed by atoms with Crippen molar-refractivity contribution in [1.29, 1.82) is 0 Å². The highest BCUT2D eigenvalue weighted by Gasteiger charge is 2.30. The Morgan fingerprint density at radius 1 is 0.946 bits per heavy atom. The van der Waals surface area contributed by atoms with Gasteiger partial charge in [0.1, 0.15) is 0 Å². The summed E-state index contributed by atoms with van der Waals surface area (Å²) in [5.74, 6) is 0.187. The smallest absolute Gasteiger partial charge is 0.371 e. The monoisotopic (exact) mass is 530 g/mol. The fourth-order valence-corrected chi connectivity index (χ4v) is 5.41. The third kappa shape index (κ3) is 6.91. The molecule has 1 amide bonds. The minimum absolute atomic E-state index is 0.0278. The van der Waals surface area contributed by atoms with E-state index in [1.165, 1.54) is 12.1 Å². The number of benzene rings is 3. The molecule has 1 unspecified atom stereocenters. The first-order valence-corrected chi connectivity index (χ1v) is 13.8. The highest BCUT2D eigenvalue weighted by molar-refractivity contribution is 7.91. The van der Waals surface area contributed by atoms with Crippen molar-refractivity contribution in [2.45, 2.75) is 37.3 Å². The molecular formula is C28H29F3N2O3S. The average molecular weight is 531 g/mol. The van der Waals surface area contributed by atoms with Crippen LogP contribution in [0.5, 0.6) is 0 Å². The molecule has 3 aromatic rings. The average Bonchev–Trinajstić information content (AvgIpc) is 3.33. The number of sulfone groups is 1. The Balaban J connectivity index is 1.28. The van der Waals surface area contributed by atoms with E-state index in [2.05, 4.69) is 10.2 Å². The number of halogens is 3. The van der Waals surface area contributed by atoms with Crippen LogP contribution in [-0.4, -0.2) is 33.2 Å². The predicted molar refractivity (Wildman–Crippen MR) is 138 cm³/mol. The van der Waals surface area contributed by atoms with E-state index in [4.69, 9.17) is 0 Å². The summed E-state index contributed by atoms with van der Waals surface area (Å²) in [5, 5.41) is 2.86. The van der Waals surface area contributed by atoms with Crippen LogP contribution in [0.15, 0.2) is 77.7 Å². The maximum atomic E-state index is 12.8. The lowest BCUT2D eigenvalue weighted by Crippen LogP contribution is -2.20. The largest absolute Gasteiger partial charge is 0.416 e. The molecule has 9 heteroatoms. The van der Waals surface area contributed by atoms with Crippen LogP contribution < -0.4 is 10.2 Å². The molecule has 196 valence electrons. The quantitative estimate of drug-likeness (QED) is 0.403. The van der Waals surface area contributed by atoms with Gasteiger partial charge in [0.05, 0.1) is 22.6 Å². The third-order valence-electron chi connectivity index (χ3n) is 6.63. The van der Waals surface area contributed by atoms with Crippen molar-refractivity contribution in [1.82, 2.24) is 0 Å².